The molecule has 1 aliphatic heterocycles. The lowest BCUT2D eigenvalue weighted by atomic mass is 9.97. The van der Waals surface area contributed by atoms with E-state index in [1.807, 2.05) is 31.2 Å². The molecule has 1 amide bonds. The molecule has 148 valence electrons. The smallest absolute Gasteiger partial charge is 0.229 e. The first-order valence-electron chi connectivity index (χ1n) is 9.79. The van der Waals surface area contributed by atoms with E-state index >= 15 is 0 Å². The number of nitrogens with zero attached hydrogens (tertiary/aromatic N) is 3. The van der Waals surface area contributed by atoms with Crippen molar-refractivity contribution >= 4 is 17.5 Å². The second kappa shape index (κ2) is 8.39. The second-order valence-electron chi connectivity index (χ2n) is 7.37. The van der Waals surface area contributed by atoms with Gasteiger partial charge in [-0.3, -0.25) is 4.79 Å². The first-order valence-corrected chi connectivity index (χ1v) is 9.79. The van der Waals surface area contributed by atoms with E-state index in [1.165, 1.54) is 12.1 Å². The van der Waals surface area contributed by atoms with Crippen LogP contribution in [-0.4, -0.2) is 29.0 Å². The number of hydrogen-bond donors (Lipinski definition) is 1. The van der Waals surface area contributed by atoms with E-state index in [2.05, 4.69) is 20.2 Å². The Morgan fingerprint density at radius 3 is 2.52 bits per heavy atom. The van der Waals surface area contributed by atoms with Crippen molar-refractivity contribution in [3.05, 3.63) is 72.3 Å². The minimum absolute atomic E-state index is 0.0342. The Morgan fingerprint density at radius 2 is 1.79 bits per heavy atom. The number of piperidine rings is 1. The molecule has 1 N–H and O–H groups in total. The van der Waals surface area contributed by atoms with Crippen LogP contribution in [0.2, 0.25) is 0 Å². The summed E-state index contributed by atoms with van der Waals surface area (Å²) in [6, 6.07) is 14.1. The summed E-state index contributed by atoms with van der Waals surface area (Å²) in [5, 5.41) is 3.05. The van der Waals surface area contributed by atoms with E-state index in [4.69, 9.17) is 0 Å². The number of aromatic nitrogens is 2. The van der Waals surface area contributed by atoms with Gasteiger partial charge < -0.3 is 10.2 Å². The van der Waals surface area contributed by atoms with E-state index in [0.29, 0.717) is 12.5 Å². The fraction of sp³-hybridized carbons (Fsp3) is 0.261. The molecular weight excluding hydrogens is 367 g/mol. The van der Waals surface area contributed by atoms with Crippen molar-refractivity contribution in [3.63, 3.8) is 0 Å². The SMILES string of the molecule is Cc1ccccc1NC(=O)[C@@H]1CCCN(c2ncc(-c3ccc(F)cc3)cn2)C1. The molecule has 2 heterocycles. The zero-order valence-corrected chi connectivity index (χ0v) is 16.3. The minimum Gasteiger partial charge on any atom is -0.340 e. The molecule has 1 aliphatic rings. The Labute approximate surface area is 169 Å². The van der Waals surface area contributed by atoms with Crippen molar-refractivity contribution in [1.29, 1.82) is 0 Å². The fourth-order valence-corrected chi connectivity index (χ4v) is 3.60. The first kappa shape index (κ1) is 19.1. The van der Waals surface area contributed by atoms with Crippen LogP contribution in [0.5, 0.6) is 0 Å². The molecule has 0 bridgehead atoms. The third kappa shape index (κ3) is 4.42. The first-order chi connectivity index (χ1) is 14.1. The third-order valence-electron chi connectivity index (χ3n) is 5.29. The lowest BCUT2D eigenvalue weighted by Gasteiger charge is -2.32. The number of anilines is 2. The van der Waals surface area contributed by atoms with Crippen LogP contribution in [0.25, 0.3) is 11.1 Å². The zero-order valence-electron chi connectivity index (χ0n) is 16.3. The van der Waals surface area contributed by atoms with Gasteiger partial charge in [-0.15, -0.1) is 0 Å². The molecule has 2 aromatic carbocycles. The number of carbonyl (C=O) groups excluding carboxylic acids is 1. The van der Waals surface area contributed by atoms with Crippen LogP contribution in [0.1, 0.15) is 18.4 Å². The number of carbonyl (C=O) groups is 1. The number of rotatable bonds is 4. The van der Waals surface area contributed by atoms with Crippen molar-refractivity contribution in [1.82, 2.24) is 9.97 Å². The van der Waals surface area contributed by atoms with E-state index in [-0.39, 0.29) is 17.6 Å². The summed E-state index contributed by atoms with van der Waals surface area (Å²) in [7, 11) is 0. The Hall–Kier alpha value is -3.28. The monoisotopic (exact) mass is 390 g/mol. The van der Waals surface area contributed by atoms with Gasteiger partial charge in [0.15, 0.2) is 0 Å². The van der Waals surface area contributed by atoms with Crippen LogP contribution in [0.3, 0.4) is 0 Å². The highest BCUT2D eigenvalue weighted by atomic mass is 19.1. The quantitative estimate of drug-likeness (QED) is 0.715. The molecule has 0 spiro atoms. The number of benzene rings is 2. The van der Waals surface area contributed by atoms with Crippen LogP contribution in [0, 0.1) is 18.7 Å². The Bertz CT molecular complexity index is 989. The van der Waals surface area contributed by atoms with Crippen molar-refractivity contribution in [2.75, 3.05) is 23.3 Å². The summed E-state index contributed by atoms with van der Waals surface area (Å²) in [5.41, 5.74) is 3.61. The Balaban J connectivity index is 1.43. The highest BCUT2D eigenvalue weighted by Gasteiger charge is 2.27. The maximum Gasteiger partial charge on any atom is 0.229 e. The minimum atomic E-state index is -0.269. The largest absolute Gasteiger partial charge is 0.340 e. The summed E-state index contributed by atoms with van der Waals surface area (Å²) < 4.78 is 13.1. The number of amides is 1. The van der Waals surface area contributed by atoms with E-state index < -0.39 is 0 Å². The molecule has 1 aromatic heterocycles. The third-order valence-corrected chi connectivity index (χ3v) is 5.29. The molecule has 1 atom stereocenters. The van der Waals surface area contributed by atoms with Gasteiger partial charge in [0.2, 0.25) is 11.9 Å². The van der Waals surface area contributed by atoms with Gasteiger partial charge in [-0.1, -0.05) is 30.3 Å². The summed E-state index contributed by atoms with van der Waals surface area (Å²) >= 11 is 0. The lowest BCUT2D eigenvalue weighted by molar-refractivity contribution is -0.120. The molecule has 0 unspecified atom stereocenters. The number of halogens is 1. The predicted octanol–water partition coefficient (Wildman–Crippen LogP) is 4.45. The molecule has 29 heavy (non-hydrogen) atoms. The van der Waals surface area contributed by atoms with Crippen LogP contribution >= 0.6 is 0 Å². The maximum absolute atomic E-state index is 13.1. The average Bonchev–Trinajstić information content (AvgIpc) is 2.76. The number of nitrogens with one attached hydrogen (secondary N) is 1. The molecule has 3 aromatic rings. The molecule has 4 rings (SSSR count). The molecule has 0 saturated carbocycles. The summed E-state index contributed by atoms with van der Waals surface area (Å²) in [6.07, 6.45) is 5.25. The van der Waals surface area contributed by atoms with Gasteiger partial charge in [0, 0.05) is 36.7 Å². The van der Waals surface area contributed by atoms with Gasteiger partial charge >= 0.3 is 0 Å². The van der Waals surface area contributed by atoms with E-state index in [1.54, 1.807) is 24.5 Å². The Kier molecular flexibility index (Phi) is 5.51. The van der Waals surface area contributed by atoms with Gasteiger partial charge in [0.05, 0.1) is 5.92 Å². The highest BCUT2D eigenvalue weighted by Crippen LogP contribution is 2.24. The normalized spacial score (nSPS) is 16.5. The van der Waals surface area contributed by atoms with Crippen LogP contribution < -0.4 is 10.2 Å². The van der Waals surface area contributed by atoms with Crippen molar-refractivity contribution < 1.29 is 9.18 Å². The van der Waals surface area contributed by atoms with Crippen LogP contribution in [0.4, 0.5) is 16.0 Å². The van der Waals surface area contributed by atoms with Crippen molar-refractivity contribution in [2.24, 2.45) is 5.92 Å². The number of para-hydroxylation sites is 1. The summed E-state index contributed by atoms with van der Waals surface area (Å²) in [6.45, 7) is 3.40. The molecule has 5 nitrogen and oxygen atoms in total. The van der Waals surface area contributed by atoms with Crippen LogP contribution in [-0.2, 0) is 4.79 Å². The predicted molar refractivity (Wildman–Crippen MR) is 112 cm³/mol. The second-order valence-corrected chi connectivity index (χ2v) is 7.37. The highest BCUT2D eigenvalue weighted by molar-refractivity contribution is 5.93. The van der Waals surface area contributed by atoms with Gasteiger partial charge in [-0.2, -0.15) is 0 Å². The zero-order chi connectivity index (χ0) is 20.2. The van der Waals surface area contributed by atoms with Gasteiger partial charge in [0.1, 0.15) is 5.82 Å². The topological polar surface area (TPSA) is 58.1 Å². The number of hydrogen-bond acceptors (Lipinski definition) is 4. The average molecular weight is 390 g/mol. The van der Waals surface area contributed by atoms with Crippen LogP contribution in [0.15, 0.2) is 60.9 Å². The van der Waals surface area contributed by atoms with E-state index in [0.717, 1.165) is 41.8 Å². The molecule has 6 heteroatoms. The molecular formula is C23H23FN4O. The van der Waals surface area contributed by atoms with Gasteiger partial charge in [0.25, 0.3) is 0 Å². The number of aryl methyl sites for hydroxylation is 1. The fourth-order valence-electron chi connectivity index (χ4n) is 3.60. The maximum atomic E-state index is 13.1. The van der Waals surface area contributed by atoms with Gasteiger partial charge in [-0.25, -0.2) is 14.4 Å². The molecule has 0 radical (unpaired) electrons. The summed E-state index contributed by atoms with van der Waals surface area (Å²) in [5.74, 6) is 0.273. The van der Waals surface area contributed by atoms with E-state index in [9.17, 15) is 9.18 Å². The molecule has 1 saturated heterocycles. The summed E-state index contributed by atoms with van der Waals surface area (Å²) in [4.78, 5) is 23.8. The van der Waals surface area contributed by atoms with Crippen molar-refractivity contribution in [2.45, 2.75) is 19.8 Å². The standard InChI is InChI=1S/C23H23FN4O/c1-16-5-2-3-7-21(16)27-22(29)18-6-4-12-28(15-18)23-25-13-19(14-26-23)17-8-10-20(24)11-9-17/h2-3,5,7-11,13-14,18H,4,6,12,15H2,1H3,(H,27,29)/t18-/m1/s1. The Morgan fingerprint density at radius 1 is 1.07 bits per heavy atom. The molecule has 0 aliphatic carbocycles. The van der Waals surface area contributed by atoms with Crippen molar-refractivity contribution in [3.8, 4) is 11.1 Å². The molecule has 1 fully saturated rings. The lowest BCUT2D eigenvalue weighted by Crippen LogP contribution is -2.41. The van der Waals surface area contributed by atoms with Gasteiger partial charge in [-0.05, 0) is 49.1 Å².